The lowest BCUT2D eigenvalue weighted by Gasteiger charge is -2.28. The first-order valence-corrected chi connectivity index (χ1v) is 25.5. The highest BCUT2D eigenvalue weighted by Gasteiger charge is 2.21. The summed E-state index contributed by atoms with van der Waals surface area (Å²) in [6, 6.07) is 0. The molecule has 0 spiro atoms. The molecule has 2 atom stereocenters. The number of phosphoric ester groups is 1. The number of ether oxygens (including phenoxy) is 2. The van der Waals surface area contributed by atoms with E-state index in [1.807, 2.05) is 33.3 Å². The first-order chi connectivity index (χ1) is 29.0. The van der Waals surface area contributed by atoms with E-state index in [0.29, 0.717) is 23.9 Å². The molecule has 0 aromatic carbocycles. The molecule has 0 aliphatic rings. The first kappa shape index (κ1) is 57.7. The fourth-order valence-electron chi connectivity index (χ4n) is 6.28. The zero-order chi connectivity index (χ0) is 44.3. The van der Waals surface area contributed by atoms with Crippen molar-refractivity contribution in [1.82, 2.24) is 0 Å². The third kappa shape index (κ3) is 45.2. The van der Waals surface area contributed by atoms with E-state index in [0.717, 1.165) is 44.9 Å². The molecule has 0 saturated carbocycles. The van der Waals surface area contributed by atoms with E-state index in [9.17, 15) is 19.0 Å². The Morgan fingerprint density at radius 1 is 0.517 bits per heavy atom. The molecule has 0 aliphatic heterocycles. The Hall–Kier alpha value is -2.29. The van der Waals surface area contributed by atoms with E-state index < -0.39 is 32.5 Å². The Morgan fingerprint density at radius 3 is 1.40 bits per heavy atom. The van der Waals surface area contributed by atoms with E-state index in [1.54, 1.807) is 0 Å². The van der Waals surface area contributed by atoms with Gasteiger partial charge in [-0.25, -0.2) is 0 Å². The van der Waals surface area contributed by atoms with E-state index in [-0.39, 0.29) is 26.1 Å². The Morgan fingerprint density at radius 2 is 0.933 bits per heavy atom. The molecule has 0 amide bonds. The van der Waals surface area contributed by atoms with Crippen LogP contribution >= 0.6 is 7.82 Å². The molecule has 0 fully saturated rings. The van der Waals surface area contributed by atoms with Crippen LogP contribution in [0.25, 0.3) is 0 Å². The quantitative estimate of drug-likeness (QED) is 0.0196. The van der Waals surface area contributed by atoms with Gasteiger partial charge in [-0.05, 0) is 51.4 Å². The van der Waals surface area contributed by atoms with Crippen LogP contribution in [0.1, 0.15) is 194 Å². The number of allylic oxidation sites excluding steroid dienone is 10. The highest BCUT2D eigenvalue weighted by molar-refractivity contribution is 7.45. The van der Waals surface area contributed by atoms with Crippen molar-refractivity contribution >= 4 is 19.8 Å². The van der Waals surface area contributed by atoms with Gasteiger partial charge in [0.25, 0.3) is 7.82 Å². The predicted molar refractivity (Wildman–Crippen MR) is 250 cm³/mol. The molecular weight excluding hydrogens is 774 g/mol. The van der Waals surface area contributed by atoms with E-state index >= 15 is 0 Å². The zero-order valence-electron chi connectivity index (χ0n) is 39.1. The van der Waals surface area contributed by atoms with Crippen LogP contribution in [0.5, 0.6) is 0 Å². The Balaban J connectivity index is 4.42. The largest absolute Gasteiger partial charge is 0.756 e. The Labute approximate surface area is 368 Å². The first-order valence-electron chi connectivity index (χ1n) is 24.0. The van der Waals surface area contributed by atoms with Crippen molar-refractivity contribution in [2.24, 2.45) is 0 Å². The number of rotatable bonds is 43. The normalized spacial score (nSPS) is 14.0. The van der Waals surface area contributed by atoms with Gasteiger partial charge in [0.2, 0.25) is 0 Å². The van der Waals surface area contributed by atoms with Crippen LogP contribution in [0.3, 0.4) is 0 Å². The monoisotopic (exact) mass is 864 g/mol. The second kappa shape index (κ2) is 42.0. The molecule has 1 unspecified atom stereocenters. The molecule has 9 nitrogen and oxygen atoms in total. The van der Waals surface area contributed by atoms with Gasteiger partial charge in [0.05, 0.1) is 27.7 Å². The Bertz CT molecular complexity index is 1210. The van der Waals surface area contributed by atoms with Gasteiger partial charge >= 0.3 is 11.9 Å². The number of nitrogens with zero attached hydrogens (tertiary/aromatic N) is 1. The van der Waals surface area contributed by atoms with Crippen LogP contribution < -0.4 is 4.89 Å². The minimum Gasteiger partial charge on any atom is -0.756 e. The summed E-state index contributed by atoms with van der Waals surface area (Å²) in [7, 11) is 1.13. The second-order valence-electron chi connectivity index (χ2n) is 17.1. The molecule has 0 saturated heterocycles. The van der Waals surface area contributed by atoms with Gasteiger partial charge in [-0.15, -0.1) is 0 Å². The van der Waals surface area contributed by atoms with E-state index in [1.165, 1.54) is 109 Å². The fraction of sp³-hybridized carbons (Fsp3) is 0.760. The molecule has 0 aromatic heterocycles. The number of likely N-dealkylation sites (N-methyl/N-ethyl adjacent to an activating group) is 1. The maximum absolute atomic E-state index is 12.7. The number of carbonyl (C=O) groups is 2. The SMILES string of the molecule is CCCCC/C=C\C/C=C\C/C=C\C/C=C\C/C=C\CCC(=O)OC[C@H](COP(=O)([O-])OCC[N+](C)(C)C)OC(=O)CCCCCCCCCCCCCCCCCCC. The summed E-state index contributed by atoms with van der Waals surface area (Å²) in [6.45, 7) is 4.13. The number of esters is 2. The number of hydrogen-bond acceptors (Lipinski definition) is 8. The molecule has 0 bridgehead atoms. The maximum atomic E-state index is 12.7. The molecule has 0 N–H and O–H groups in total. The van der Waals surface area contributed by atoms with Crippen LogP contribution in [0.4, 0.5) is 0 Å². The average molecular weight is 864 g/mol. The van der Waals surface area contributed by atoms with Crippen LogP contribution in [0, 0.1) is 0 Å². The fourth-order valence-corrected chi connectivity index (χ4v) is 7.01. The van der Waals surface area contributed by atoms with Crippen molar-refractivity contribution in [2.75, 3.05) is 47.5 Å². The summed E-state index contributed by atoms with van der Waals surface area (Å²) >= 11 is 0. The molecule has 0 aromatic rings. The summed E-state index contributed by atoms with van der Waals surface area (Å²) in [4.78, 5) is 37.6. The number of carbonyl (C=O) groups excluding carboxylic acids is 2. The third-order valence-corrected chi connectivity index (χ3v) is 11.0. The van der Waals surface area contributed by atoms with Gasteiger partial charge in [-0.3, -0.25) is 14.2 Å². The maximum Gasteiger partial charge on any atom is 0.306 e. The molecule has 348 valence electrons. The van der Waals surface area contributed by atoms with Gasteiger partial charge in [-0.2, -0.15) is 0 Å². The highest BCUT2D eigenvalue weighted by atomic mass is 31.2. The summed E-state index contributed by atoms with van der Waals surface area (Å²) in [5.41, 5.74) is 0. The lowest BCUT2D eigenvalue weighted by molar-refractivity contribution is -0.870. The van der Waals surface area contributed by atoms with E-state index in [2.05, 4.69) is 62.5 Å². The number of hydrogen-bond donors (Lipinski definition) is 0. The molecule has 0 radical (unpaired) electrons. The van der Waals surface area contributed by atoms with Crippen molar-refractivity contribution in [3.63, 3.8) is 0 Å². The summed E-state index contributed by atoms with van der Waals surface area (Å²) in [5.74, 6) is -0.928. The molecule has 60 heavy (non-hydrogen) atoms. The van der Waals surface area contributed by atoms with Crippen molar-refractivity contribution in [3.05, 3.63) is 60.8 Å². The van der Waals surface area contributed by atoms with Crippen molar-refractivity contribution in [1.29, 1.82) is 0 Å². The third-order valence-electron chi connectivity index (χ3n) is 10.1. The number of quaternary nitrogens is 1. The van der Waals surface area contributed by atoms with E-state index in [4.69, 9.17) is 18.5 Å². The van der Waals surface area contributed by atoms with Gasteiger partial charge in [0.1, 0.15) is 19.8 Å². The molecule has 10 heteroatoms. The summed E-state index contributed by atoms with van der Waals surface area (Å²) in [6.07, 6.45) is 51.2. The summed E-state index contributed by atoms with van der Waals surface area (Å²) < 4.78 is 33.9. The number of phosphoric acid groups is 1. The van der Waals surface area contributed by atoms with Crippen LogP contribution in [-0.2, 0) is 32.7 Å². The summed E-state index contributed by atoms with van der Waals surface area (Å²) in [5, 5.41) is 0. The standard InChI is InChI=1S/C50H90NO8P/c1-6-8-10-12-14-16-18-20-22-24-25-27-28-30-32-34-36-38-40-42-49(52)56-46-48(47-58-60(54,55)57-45-44-51(3,4)5)59-50(53)43-41-39-37-35-33-31-29-26-23-21-19-17-15-13-11-9-7-2/h14,16,20,22,25,27,30,32,36,38,48H,6-13,15,17-19,21,23-24,26,28-29,31,33-35,37,39-47H2,1-5H3/b16-14-,22-20-,27-25-,32-30-,38-36-/t48-/m1/s1. The number of unbranched alkanes of at least 4 members (excludes halogenated alkanes) is 19. The van der Waals surface area contributed by atoms with Crippen LogP contribution in [0.2, 0.25) is 0 Å². The van der Waals surface area contributed by atoms with Gasteiger partial charge in [-0.1, -0.05) is 190 Å². The van der Waals surface area contributed by atoms with Crippen molar-refractivity contribution in [3.8, 4) is 0 Å². The molecule has 0 rings (SSSR count). The predicted octanol–water partition coefficient (Wildman–Crippen LogP) is 13.4. The van der Waals surface area contributed by atoms with Crippen molar-refractivity contribution < 1.29 is 42.1 Å². The Kier molecular flexibility index (Phi) is 40.4. The smallest absolute Gasteiger partial charge is 0.306 e. The zero-order valence-corrected chi connectivity index (χ0v) is 40.0. The van der Waals surface area contributed by atoms with Crippen LogP contribution in [-0.4, -0.2) is 70.0 Å². The second-order valence-corrected chi connectivity index (χ2v) is 18.5. The minimum absolute atomic E-state index is 0.0427. The van der Waals surface area contributed by atoms with Crippen molar-refractivity contribution in [2.45, 2.75) is 200 Å². The van der Waals surface area contributed by atoms with Crippen LogP contribution in [0.15, 0.2) is 60.8 Å². The molecular formula is C50H90NO8P. The topological polar surface area (TPSA) is 111 Å². The van der Waals surface area contributed by atoms with Gasteiger partial charge in [0, 0.05) is 12.8 Å². The lowest BCUT2D eigenvalue weighted by atomic mass is 10.0. The lowest BCUT2D eigenvalue weighted by Crippen LogP contribution is -2.37. The highest BCUT2D eigenvalue weighted by Crippen LogP contribution is 2.38. The minimum atomic E-state index is -4.64. The average Bonchev–Trinajstić information content (AvgIpc) is 3.20. The molecule has 0 aliphatic carbocycles. The molecule has 0 heterocycles. The van der Waals surface area contributed by atoms with Gasteiger partial charge in [0.15, 0.2) is 6.10 Å². The van der Waals surface area contributed by atoms with Gasteiger partial charge < -0.3 is 27.9 Å².